The van der Waals surface area contributed by atoms with E-state index >= 15 is 0 Å². The second-order valence-electron chi connectivity index (χ2n) is 6.05. The largest absolute Gasteiger partial charge is 0.465 e. The Hall–Kier alpha value is -3.10. The van der Waals surface area contributed by atoms with Crippen molar-refractivity contribution in [2.75, 3.05) is 18.4 Å². The van der Waals surface area contributed by atoms with Crippen LogP contribution in [0, 0.1) is 24.0 Å². The summed E-state index contributed by atoms with van der Waals surface area (Å²) in [5.41, 5.74) is 2.38. The lowest BCUT2D eigenvalue weighted by atomic mass is 10.0. The molecule has 0 bridgehead atoms. The highest BCUT2D eigenvalue weighted by Crippen LogP contribution is 2.34. The van der Waals surface area contributed by atoms with Crippen LogP contribution in [0.15, 0.2) is 22.7 Å². The number of nitrogens with zero attached hydrogens (tertiary/aromatic N) is 3. The van der Waals surface area contributed by atoms with Gasteiger partial charge in [-0.2, -0.15) is 0 Å². The van der Waals surface area contributed by atoms with E-state index in [2.05, 4.69) is 10.5 Å². The number of likely N-dealkylation sites (tertiary alicyclic amines) is 1. The molecule has 0 aliphatic carbocycles. The van der Waals surface area contributed by atoms with Gasteiger partial charge in [-0.3, -0.25) is 10.1 Å². The zero-order valence-corrected chi connectivity index (χ0v) is 13.9. The molecule has 1 amide bonds. The number of aryl methyl sites for hydroxylation is 2. The normalized spacial score (nSPS) is 16.9. The topological polar surface area (TPSA) is 122 Å². The molecular weight excluding hydrogens is 328 g/mol. The van der Waals surface area contributed by atoms with E-state index in [9.17, 15) is 14.9 Å². The van der Waals surface area contributed by atoms with Gasteiger partial charge in [-0.05, 0) is 31.9 Å². The number of benzene rings is 1. The number of amides is 1. The molecule has 9 nitrogen and oxygen atoms in total. The molecule has 9 heteroatoms. The molecule has 3 rings (SSSR count). The maximum Gasteiger partial charge on any atom is 0.407 e. The van der Waals surface area contributed by atoms with Crippen LogP contribution in [0.5, 0.6) is 0 Å². The molecule has 1 aromatic heterocycles. The molecule has 1 aromatic carbocycles. The summed E-state index contributed by atoms with van der Waals surface area (Å²) in [4.78, 5) is 23.3. The van der Waals surface area contributed by atoms with Gasteiger partial charge in [-0.15, -0.1) is 0 Å². The lowest BCUT2D eigenvalue weighted by molar-refractivity contribution is -0.383. The summed E-state index contributed by atoms with van der Waals surface area (Å²) in [6.45, 7) is 4.26. The van der Waals surface area contributed by atoms with Crippen LogP contribution >= 0.6 is 0 Å². The number of anilines is 1. The van der Waals surface area contributed by atoms with E-state index in [1.165, 1.54) is 11.0 Å². The van der Waals surface area contributed by atoms with Gasteiger partial charge in [-0.25, -0.2) is 4.79 Å². The molecule has 0 radical (unpaired) electrons. The van der Waals surface area contributed by atoms with Crippen LogP contribution in [0.25, 0.3) is 11.1 Å². The quantitative estimate of drug-likeness (QED) is 0.644. The molecule has 2 aromatic rings. The third-order valence-corrected chi connectivity index (χ3v) is 4.33. The number of hydrogen-bond donors (Lipinski definition) is 2. The van der Waals surface area contributed by atoms with E-state index in [0.29, 0.717) is 42.2 Å². The van der Waals surface area contributed by atoms with Gasteiger partial charge >= 0.3 is 6.09 Å². The maximum absolute atomic E-state index is 11.5. The summed E-state index contributed by atoms with van der Waals surface area (Å²) in [5.74, 6) is 0.598. The van der Waals surface area contributed by atoms with Crippen LogP contribution < -0.4 is 5.32 Å². The van der Waals surface area contributed by atoms with Gasteiger partial charge in [0.2, 0.25) is 0 Å². The summed E-state index contributed by atoms with van der Waals surface area (Å²) < 4.78 is 5.13. The van der Waals surface area contributed by atoms with Crippen LogP contribution in [0.3, 0.4) is 0 Å². The van der Waals surface area contributed by atoms with Crippen LogP contribution in [0.2, 0.25) is 0 Å². The third-order valence-electron chi connectivity index (χ3n) is 4.33. The van der Waals surface area contributed by atoms with E-state index in [1.807, 2.05) is 0 Å². The number of nitrogens with one attached hydrogen (secondary N) is 1. The maximum atomic E-state index is 11.5. The summed E-state index contributed by atoms with van der Waals surface area (Å²) in [6.07, 6.45) is -0.373. The van der Waals surface area contributed by atoms with Crippen molar-refractivity contribution in [1.82, 2.24) is 10.1 Å². The monoisotopic (exact) mass is 346 g/mol. The molecule has 1 saturated heterocycles. The molecule has 0 unspecified atom stereocenters. The minimum Gasteiger partial charge on any atom is -0.465 e. The smallest absolute Gasteiger partial charge is 0.407 e. The highest BCUT2D eigenvalue weighted by Gasteiger charge is 2.28. The van der Waals surface area contributed by atoms with E-state index in [-0.39, 0.29) is 11.7 Å². The first-order valence-corrected chi connectivity index (χ1v) is 7.83. The highest BCUT2D eigenvalue weighted by atomic mass is 16.6. The van der Waals surface area contributed by atoms with E-state index in [0.717, 1.165) is 5.56 Å². The van der Waals surface area contributed by atoms with Gasteiger partial charge in [-0.1, -0.05) is 11.2 Å². The van der Waals surface area contributed by atoms with Crippen LogP contribution in [0.4, 0.5) is 16.2 Å². The standard InChI is InChI=1S/C16H18N4O5/c1-9-15(10(2)25-18-9)11-3-4-13(14(7-11)20(23)24)17-12-5-6-19(8-12)16(21)22/h3-4,7,12,17H,5-6,8H2,1-2H3,(H,21,22)/t12-/m0/s1. The Morgan fingerprint density at radius 1 is 1.48 bits per heavy atom. The van der Waals surface area contributed by atoms with Crippen molar-refractivity contribution < 1.29 is 19.3 Å². The highest BCUT2D eigenvalue weighted by molar-refractivity contribution is 5.75. The van der Waals surface area contributed by atoms with Gasteiger partial charge in [0.1, 0.15) is 11.4 Å². The Bertz CT molecular complexity index is 812. The molecular formula is C16H18N4O5. The van der Waals surface area contributed by atoms with Crippen LogP contribution in [-0.2, 0) is 0 Å². The van der Waals surface area contributed by atoms with Gasteiger partial charge in [0.15, 0.2) is 0 Å². The van der Waals surface area contributed by atoms with Crippen molar-refractivity contribution in [3.8, 4) is 11.1 Å². The summed E-state index contributed by atoms with van der Waals surface area (Å²) in [5, 5.41) is 27.5. The first kappa shape index (κ1) is 16.7. The number of carboxylic acid groups (broad SMARTS) is 1. The molecule has 2 N–H and O–H groups in total. The van der Waals surface area contributed by atoms with Crippen molar-refractivity contribution in [3.05, 3.63) is 39.8 Å². The minimum atomic E-state index is -0.979. The fourth-order valence-corrected chi connectivity index (χ4v) is 3.13. The number of aromatic nitrogens is 1. The predicted molar refractivity (Wildman–Crippen MR) is 89.7 cm³/mol. The number of nitro benzene ring substituents is 1. The van der Waals surface area contributed by atoms with Gasteiger partial charge in [0, 0.05) is 30.8 Å². The van der Waals surface area contributed by atoms with E-state index < -0.39 is 11.0 Å². The number of carbonyl (C=O) groups is 1. The average molecular weight is 346 g/mol. The fourth-order valence-electron chi connectivity index (χ4n) is 3.13. The molecule has 2 heterocycles. The fraction of sp³-hybridized carbons (Fsp3) is 0.375. The van der Waals surface area contributed by atoms with Crippen LogP contribution in [0.1, 0.15) is 17.9 Å². The predicted octanol–water partition coefficient (Wildman–Crippen LogP) is 3.03. The van der Waals surface area contributed by atoms with Crippen molar-refractivity contribution in [2.24, 2.45) is 0 Å². The third kappa shape index (κ3) is 3.25. The molecule has 0 saturated carbocycles. The van der Waals surface area contributed by atoms with Gasteiger partial charge in [0.05, 0.1) is 10.6 Å². The first-order valence-electron chi connectivity index (χ1n) is 7.83. The molecule has 1 atom stereocenters. The lowest BCUT2D eigenvalue weighted by Crippen LogP contribution is -2.30. The summed E-state index contributed by atoms with van der Waals surface area (Å²) >= 11 is 0. The molecule has 1 aliphatic heterocycles. The average Bonchev–Trinajstić information content (AvgIpc) is 3.15. The Labute approximate surface area is 143 Å². The second kappa shape index (κ2) is 6.42. The molecule has 132 valence electrons. The van der Waals surface area contributed by atoms with Crippen molar-refractivity contribution in [1.29, 1.82) is 0 Å². The number of rotatable bonds is 4. The first-order chi connectivity index (χ1) is 11.9. The van der Waals surface area contributed by atoms with Crippen molar-refractivity contribution >= 4 is 17.5 Å². The zero-order chi connectivity index (χ0) is 18.1. The summed E-state index contributed by atoms with van der Waals surface area (Å²) in [6, 6.07) is 4.74. The molecule has 1 fully saturated rings. The van der Waals surface area contributed by atoms with Crippen LogP contribution in [-0.4, -0.2) is 45.3 Å². The zero-order valence-electron chi connectivity index (χ0n) is 13.9. The number of nitro groups is 1. The minimum absolute atomic E-state index is 0.0636. The van der Waals surface area contributed by atoms with E-state index in [1.54, 1.807) is 26.0 Å². The molecule has 0 spiro atoms. The van der Waals surface area contributed by atoms with Gasteiger partial charge < -0.3 is 19.8 Å². The molecule has 25 heavy (non-hydrogen) atoms. The SMILES string of the molecule is Cc1noc(C)c1-c1ccc(N[C@H]2CCN(C(=O)O)C2)c([N+](=O)[O-])c1. The van der Waals surface area contributed by atoms with Crippen molar-refractivity contribution in [2.45, 2.75) is 26.3 Å². The van der Waals surface area contributed by atoms with E-state index in [4.69, 9.17) is 9.63 Å². The number of hydrogen-bond acceptors (Lipinski definition) is 6. The Balaban J connectivity index is 1.88. The second-order valence-corrected chi connectivity index (χ2v) is 6.05. The molecule has 1 aliphatic rings. The lowest BCUT2D eigenvalue weighted by Gasteiger charge is -2.15. The Morgan fingerprint density at radius 3 is 2.80 bits per heavy atom. The Kier molecular flexibility index (Phi) is 4.30. The summed E-state index contributed by atoms with van der Waals surface area (Å²) in [7, 11) is 0. The van der Waals surface area contributed by atoms with Crippen molar-refractivity contribution in [3.63, 3.8) is 0 Å². The van der Waals surface area contributed by atoms with Gasteiger partial charge in [0.25, 0.3) is 5.69 Å². The Morgan fingerprint density at radius 2 is 2.24 bits per heavy atom.